The Hall–Kier alpha value is -2.11. The summed E-state index contributed by atoms with van der Waals surface area (Å²) in [6, 6.07) is 6.18. The van der Waals surface area contributed by atoms with E-state index in [1.807, 2.05) is 0 Å². The molecular formula is C8H7BF4N2O2. The Morgan fingerprint density at radius 2 is 1.65 bits per heavy atom. The largest absolute Gasteiger partial charge is 0.673 e. The van der Waals surface area contributed by atoms with Crippen LogP contribution in [0.15, 0.2) is 24.3 Å². The Labute approximate surface area is 93.6 Å². The third-order valence-electron chi connectivity index (χ3n) is 1.45. The summed E-state index contributed by atoms with van der Waals surface area (Å²) in [7, 11) is -6.00. The van der Waals surface area contributed by atoms with Gasteiger partial charge in [0.25, 0.3) is 0 Å². The number of carboxylic acid groups (broad SMARTS) is 1. The van der Waals surface area contributed by atoms with E-state index in [0.29, 0.717) is 0 Å². The van der Waals surface area contributed by atoms with Crippen molar-refractivity contribution < 1.29 is 27.2 Å². The number of nitrogens with zero attached hydrogens (tertiary/aromatic N) is 2. The monoisotopic (exact) mass is 250 g/mol. The third kappa shape index (κ3) is 8.86. The van der Waals surface area contributed by atoms with E-state index in [1.54, 1.807) is 12.1 Å². The van der Waals surface area contributed by atoms with Gasteiger partial charge in [0, 0.05) is 5.56 Å². The van der Waals surface area contributed by atoms with Gasteiger partial charge in [0.1, 0.15) is 4.98 Å². The molecule has 1 aromatic carbocycles. The number of hydrogen-bond donors (Lipinski definition) is 1. The molecule has 0 unspecified atom stereocenters. The second kappa shape index (κ2) is 6.47. The summed E-state index contributed by atoms with van der Waals surface area (Å²) in [5.41, 5.74) is 1.01. The first-order chi connectivity index (χ1) is 7.74. The zero-order chi connectivity index (χ0) is 13.5. The molecule has 0 amide bonds. The maximum atomic E-state index is 10.4. The maximum absolute atomic E-state index is 10.4. The molecule has 0 aliphatic rings. The molecule has 17 heavy (non-hydrogen) atoms. The molecule has 0 saturated carbocycles. The van der Waals surface area contributed by atoms with Crippen molar-refractivity contribution in [2.45, 2.75) is 6.54 Å². The van der Waals surface area contributed by atoms with Crippen molar-refractivity contribution >= 4 is 13.2 Å². The van der Waals surface area contributed by atoms with E-state index >= 15 is 0 Å². The molecule has 0 aromatic heterocycles. The van der Waals surface area contributed by atoms with Gasteiger partial charge in [0.15, 0.2) is 0 Å². The summed E-state index contributed by atoms with van der Waals surface area (Å²) in [4.78, 5) is 13.3. The predicted octanol–water partition coefficient (Wildman–Crippen LogP) is 3.04. The smallest absolute Gasteiger partial charge is 0.478 e. The van der Waals surface area contributed by atoms with E-state index in [9.17, 15) is 22.1 Å². The number of rotatable bonds is 2. The molecule has 0 heterocycles. The molecule has 4 nitrogen and oxygen atoms in total. The lowest BCUT2D eigenvalue weighted by molar-refractivity contribution is 0.0697. The minimum Gasteiger partial charge on any atom is -0.478 e. The van der Waals surface area contributed by atoms with Crippen LogP contribution in [0.1, 0.15) is 15.9 Å². The summed E-state index contributed by atoms with van der Waals surface area (Å²) in [5, 5.41) is 16.7. The molecule has 1 rings (SSSR count). The summed E-state index contributed by atoms with van der Waals surface area (Å²) in [6.45, 7) is 0.194. The van der Waals surface area contributed by atoms with Crippen LogP contribution in [0, 0.1) is 5.39 Å². The van der Waals surface area contributed by atoms with Crippen LogP contribution in [0.25, 0.3) is 4.98 Å². The van der Waals surface area contributed by atoms with Crippen molar-refractivity contribution in [3.8, 4) is 0 Å². The molecule has 0 fully saturated rings. The summed E-state index contributed by atoms with van der Waals surface area (Å²) in [6.07, 6.45) is 0. The van der Waals surface area contributed by atoms with Gasteiger partial charge < -0.3 is 22.4 Å². The van der Waals surface area contributed by atoms with Crippen LogP contribution >= 0.6 is 0 Å². The highest BCUT2D eigenvalue weighted by Gasteiger charge is 2.20. The van der Waals surface area contributed by atoms with E-state index in [-0.39, 0.29) is 12.1 Å². The Morgan fingerprint density at radius 3 is 1.94 bits per heavy atom. The molecule has 0 bridgehead atoms. The number of carbonyl (C=O) groups is 1. The van der Waals surface area contributed by atoms with E-state index < -0.39 is 13.2 Å². The lowest BCUT2D eigenvalue weighted by Gasteiger charge is -1.94. The fraction of sp³-hybridized carbons (Fsp3) is 0.125. The molecule has 9 heteroatoms. The highest BCUT2D eigenvalue weighted by atomic mass is 19.5. The highest BCUT2D eigenvalue weighted by Crippen LogP contribution is 2.06. The van der Waals surface area contributed by atoms with Gasteiger partial charge in [-0.25, -0.2) is 4.79 Å². The van der Waals surface area contributed by atoms with Crippen molar-refractivity contribution in [2.75, 3.05) is 0 Å². The normalized spacial score (nSPS) is 9.82. The summed E-state index contributed by atoms with van der Waals surface area (Å²) in [5.74, 6) is -0.956. The highest BCUT2D eigenvalue weighted by molar-refractivity contribution is 6.50. The fourth-order valence-corrected chi connectivity index (χ4v) is 0.834. The standard InChI is InChI=1S/C8H6N2O2.BF4/c9-10-5-6-1-3-7(4-2-6)8(11)12;2-1(3,4)5/h1-4H,5H2;/q;-1/p+1. The topological polar surface area (TPSA) is 65.5 Å². The second-order valence-corrected chi connectivity index (χ2v) is 2.80. The first kappa shape index (κ1) is 14.9. The van der Waals surface area contributed by atoms with Crippen LogP contribution in [-0.2, 0) is 6.54 Å². The first-order valence-corrected chi connectivity index (χ1v) is 4.24. The second-order valence-electron chi connectivity index (χ2n) is 2.80. The van der Waals surface area contributed by atoms with Gasteiger partial charge in [-0.15, -0.1) is 0 Å². The predicted molar refractivity (Wildman–Crippen MR) is 52.4 cm³/mol. The average Bonchev–Trinajstić information content (AvgIpc) is 2.16. The van der Waals surface area contributed by atoms with Crippen molar-refractivity contribution in [2.24, 2.45) is 0 Å². The third-order valence-corrected chi connectivity index (χ3v) is 1.45. The molecule has 1 aromatic rings. The SMILES string of the molecule is F[B-](F)(F)F.N#[N+]Cc1ccc(C(=O)O)cc1. The minimum absolute atomic E-state index is 0.194. The van der Waals surface area contributed by atoms with Crippen LogP contribution < -0.4 is 0 Å². The van der Waals surface area contributed by atoms with Gasteiger partial charge in [0.05, 0.1) is 5.56 Å². The molecule has 0 aliphatic carbocycles. The van der Waals surface area contributed by atoms with E-state index in [4.69, 9.17) is 10.5 Å². The van der Waals surface area contributed by atoms with Crippen LogP contribution in [0.2, 0.25) is 0 Å². The number of hydrogen-bond acceptors (Lipinski definition) is 2. The van der Waals surface area contributed by atoms with Gasteiger partial charge in [-0.3, -0.25) is 0 Å². The van der Waals surface area contributed by atoms with Gasteiger partial charge in [-0.2, -0.15) is 0 Å². The molecule has 0 atom stereocenters. The summed E-state index contributed by atoms with van der Waals surface area (Å²) >= 11 is 0. The first-order valence-electron chi connectivity index (χ1n) is 4.24. The minimum atomic E-state index is -6.00. The van der Waals surface area contributed by atoms with Gasteiger partial charge in [-0.05, 0) is 12.1 Å². The van der Waals surface area contributed by atoms with Crippen LogP contribution in [0.3, 0.4) is 0 Å². The van der Waals surface area contributed by atoms with Crippen LogP contribution in [0.4, 0.5) is 17.3 Å². The Bertz CT molecular complexity index is 407. The average molecular weight is 250 g/mol. The van der Waals surface area contributed by atoms with Crippen molar-refractivity contribution in [1.82, 2.24) is 0 Å². The Balaban J connectivity index is 0.000000437. The molecule has 0 saturated heterocycles. The molecular weight excluding hydrogens is 243 g/mol. The van der Waals surface area contributed by atoms with Crippen molar-refractivity contribution in [3.63, 3.8) is 0 Å². The molecule has 92 valence electrons. The Morgan fingerprint density at radius 1 is 1.24 bits per heavy atom. The lowest BCUT2D eigenvalue weighted by atomic mass is 10.1. The quantitative estimate of drug-likeness (QED) is 0.498. The lowest BCUT2D eigenvalue weighted by Crippen LogP contribution is -2.02. The van der Waals surface area contributed by atoms with E-state index in [2.05, 4.69) is 4.98 Å². The molecule has 1 N–H and O–H groups in total. The number of benzene rings is 1. The Kier molecular flexibility index (Phi) is 5.67. The van der Waals surface area contributed by atoms with Crippen LogP contribution in [-0.4, -0.2) is 18.3 Å². The molecule has 0 spiro atoms. The number of aromatic carboxylic acids is 1. The molecule has 0 radical (unpaired) electrons. The van der Waals surface area contributed by atoms with E-state index in [0.717, 1.165) is 5.56 Å². The van der Waals surface area contributed by atoms with Gasteiger partial charge in [-0.1, -0.05) is 12.1 Å². The van der Waals surface area contributed by atoms with Gasteiger partial charge >= 0.3 is 19.8 Å². The summed E-state index contributed by atoms with van der Waals surface area (Å²) < 4.78 is 39.0. The number of diazo groups is 1. The molecule has 0 aliphatic heterocycles. The number of carboxylic acids is 1. The number of halogens is 4. The zero-order valence-corrected chi connectivity index (χ0v) is 8.36. The van der Waals surface area contributed by atoms with E-state index in [1.165, 1.54) is 12.1 Å². The fourth-order valence-electron chi connectivity index (χ4n) is 0.834. The van der Waals surface area contributed by atoms with Crippen molar-refractivity contribution in [3.05, 3.63) is 40.4 Å². The van der Waals surface area contributed by atoms with Crippen molar-refractivity contribution in [1.29, 1.82) is 5.39 Å². The van der Waals surface area contributed by atoms with Gasteiger partial charge in [0.2, 0.25) is 5.39 Å². The maximum Gasteiger partial charge on any atom is 0.673 e. The zero-order valence-electron chi connectivity index (χ0n) is 8.36. The van der Waals surface area contributed by atoms with Crippen LogP contribution in [0.5, 0.6) is 0 Å².